The fourth-order valence-corrected chi connectivity index (χ4v) is 4.73. The Labute approximate surface area is 235 Å². The van der Waals surface area contributed by atoms with Crippen LogP contribution in [0.3, 0.4) is 0 Å². The zero-order chi connectivity index (χ0) is 27.1. The van der Waals surface area contributed by atoms with Crippen molar-refractivity contribution in [1.29, 1.82) is 0 Å². The first kappa shape index (κ1) is 27.5. The van der Waals surface area contributed by atoms with Gasteiger partial charge in [0.15, 0.2) is 11.0 Å². The van der Waals surface area contributed by atoms with Crippen molar-refractivity contribution in [2.75, 3.05) is 23.7 Å². The third kappa shape index (κ3) is 6.66. The zero-order valence-electron chi connectivity index (χ0n) is 20.8. The van der Waals surface area contributed by atoms with Crippen LogP contribution in [0.2, 0.25) is 10.0 Å². The predicted molar refractivity (Wildman–Crippen MR) is 155 cm³/mol. The summed E-state index contributed by atoms with van der Waals surface area (Å²) < 4.78 is 1.86. The highest BCUT2D eigenvalue weighted by Crippen LogP contribution is 2.29. The molecule has 1 aromatic heterocycles. The molecule has 1 amide bonds. The van der Waals surface area contributed by atoms with Crippen LogP contribution in [-0.4, -0.2) is 50.8 Å². The van der Waals surface area contributed by atoms with E-state index in [4.69, 9.17) is 23.2 Å². The Hall–Kier alpha value is -3.53. The van der Waals surface area contributed by atoms with E-state index < -0.39 is 0 Å². The first-order valence-electron chi connectivity index (χ1n) is 11.9. The molecule has 0 aliphatic rings. The minimum atomic E-state index is -0.329. The number of thioether (sulfide) groups is 1. The molecule has 8 nitrogen and oxygen atoms in total. The second kappa shape index (κ2) is 12.8. The van der Waals surface area contributed by atoms with E-state index in [0.29, 0.717) is 26.6 Å². The molecule has 11 heteroatoms. The number of benzene rings is 3. The highest BCUT2D eigenvalue weighted by atomic mass is 35.5. The normalized spacial score (nSPS) is 11.2. The van der Waals surface area contributed by atoms with Crippen LogP contribution in [0, 0.1) is 0 Å². The molecule has 2 N–H and O–H groups in total. The monoisotopic (exact) mass is 568 g/mol. The average molecular weight is 570 g/mol. The molecule has 38 heavy (non-hydrogen) atoms. The molecule has 196 valence electrons. The van der Waals surface area contributed by atoms with Crippen LogP contribution in [0.25, 0.3) is 17.1 Å². The van der Waals surface area contributed by atoms with E-state index in [0.717, 1.165) is 30.0 Å². The molecule has 0 fully saturated rings. The molecule has 4 aromatic rings. The molecule has 0 atom stereocenters. The number of carbonyl (C=O) groups excluding carboxylic acids is 1. The van der Waals surface area contributed by atoms with Gasteiger partial charge in [-0.2, -0.15) is 5.10 Å². The summed E-state index contributed by atoms with van der Waals surface area (Å²) in [5, 5.41) is 24.8. The molecule has 0 aliphatic heterocycles. The lowest BCUT2D eigenvalue weighted by Crippen LogP contribution is -2.21. The van der Waals surface area contributed by atoms with Crippen molar-refractivity contribution >= 4 is 52.8 Å². The quantitative estimate of drug-likeness (QED) is 0.138. The van der Waals surface area contributed by atoms with Gasteiger partial charge in [0.05, 0.1) is 12.0 Å². The Balaban J connectivity index is 1.46. The smallest absolute Gasteiger partial charge is 0.250 e. The molecular weight excluding hydrogens is 543 g/mol. The largest absolute Gasteiger partial charge is 0.507 e. The maximum atomic E-state index is 12.5. The van der Waals surface area contributed by atoms with Gasteiger partial charge in [0, 0.05) is 51.7 Å². The van der Waals surface area contributed by atoms with Crippen molar-refractivity contribution in [3.05, 3.63) is 82.3 Å². The Morgan fingerprint density at radius 2 is 1.68 bits per heavy atom. The second-order valence-corrected chi connectivity index (χ2v) is 9.94. The number of carbonyl (C=O) groups is 1. The number of nitrogens with one attached hydrogen (secondary N) is 1. The number of hydrogen-bond donors (Lipinski definition) is 2. The second-order valence-electron chi connectivity index (χ2n) is 8.12. The number of rotatable bonds is 10. The molecule has 0 bridgehead atoms. The van der Waals surface area contributed by atoms with E-state index in [9.17, 15) is 9.90 Å². The van der Waals surface area contributed by atoms with Gasteiger partial charge in [-0.1, -0.05) is 35.0 Å². The number of amides is 1. The summed E-state index contributed by atoms with van der Waals surface area (Å²) in [6.07, 6.45) is 1.42. The van der Waals surface area contributed by atoms with Gasteiger partial charge >= 0.3 is 0 Å². The van der Waals surface area contributed by atoms with Crippen molar-refractivity contribution < 1.29 is 9.90 Å². The number of anilines is 1. The van der Waals surface area contributed by atoms with Crippen molar-refractivity contribution in [3.8, 4) is 22.8 Å². The topological polar surface area (TPSA) is 95.6 Å². The number of hydrogen-bond acceptors (Lipinski definition) is 7. The summed E-state index contributed by atoms with van der Waals surface area (Å²) in [5.74, 6) is 0.418. The predicted octanol–water partition coefficient (Wildman–Crippen LogP) is 6.04. The van der Waals surface area contributed by atoms with Crippen LogP contribution in [-0.2, 0) is 4.79 Å². The molecule has 4 rings (SSSR count). The Morgan fingerprint density at radius 3 is 2.32 bits per heavy atom. The summed E-state index contributed by atoms with van der Waals surface area (Å²) in [7, 11) is 0. The van der Waals surface area contributed by atoms with Crippen LogP contribution in [0.15, 0.2) is 77.0 Å². The maximum Gasteiger partial charge on any atom is 0.250 e. The van der Waals surface area contributed by atoms with Crippen LogP contribution < -0.4 is 10.3 Å². The molecule has 0 radical (unpaired) electrons. The Bertz CT molecular complexity index is 1420. The van der Waals surface area contributed by atoms with Gasteiger partial charge < -0.3 is 10.0 Å². The van der Waals surface area contributed by atoms with Gasteiger partial charge in [-0.25, -0.2) is 5.43 Å². The molecule has 0 unspecified atom stereocenters. The Kier molecular flexibility index (Phi) is 9.28. The summed E-state index contributed by atoms with van der Waals surface area (Å²) >= 11 is 13.4. The first-order valence-corrected chi connectivity index (χ1v) is 13.6. The molecular formula is C27H26Cl2N6O2S. The van der Waals surface area contributed by atoms with Crippen molar-refractivity contribution in [1.82, 2.24) is 20.2 Å². The zero-order valence-corrected chi connectivity index (χ0v) is 23.1. The van der Waals surface area contributed by atoms with Gasteiger partial charge in [0.25, 0.3) is 5.91 Å². The molecule has 0 spiro atoms. The SMILES string of the molecule is CCN(CC)c1ccc(/C=N\NC(=O)CSc2nnc(-c3ccc(Cl)cc3)n2-c2ccc(Cl)cc2)c(O)c1. The number of nitrogens with zero attached hydrogens (tertiary/aromatic N) is 5. The van der Waals surface area contributed by atoms with E-state index in [1.54, 1.807) is 36.4 Å². The minimum absolute atomic E-state index is 0.0521. The number of halogens is 2. The molecule has 0 aliphatic carbocycles. The van der Waals surface area contributed by atoms with Crippen LogP contribution in [0.5, 0.6) is 5.75 Å². The van der Waals surface area contributed by atoms with E-state index in [-0.39, 0.29) is 17.4 Å². The van der Waals surface area contributed by atoms with Crippen LogP contribution in [0.1, 0.15) is 19.4 Å². The van der Waals surface area contributed by atoms with Crippen molar-refractivity contribution in [3.63, 3.8) is 0 Å². The van der Waals surface area contributed by atoms with Gasteiger partial charge in [0.1, 0.15) is 5.75 Å². The summed E-state index contributed by atoms with van der Waals surface area (Å²) in [5.41, 5.74) is 5.55. The van der Waals surface area contributed by atoms with E-state index in [1.807, 2.05) is 34.9 Å². The van der Waals surface area contributed by atoms with Crippen LogP contribution in [0.4, 0.5) is 5.69 Å². The first-order chi connectivity index (χ1) is 18.4. The van der Waals surface area contributed by atoms with Crippen molar-refractivity contribution in [2.45, 2.75) is 19.0 Å². The van der Waals surface area contributed by atoms with E-state index in [2.05, 4.69) is 39.5 Å². The standard InChI is InChI=1S/C27H26Cl2N6O2S/c1-3-34(4-2)23-12-7-19(24(36)15-23)16-30-31-25(37)17-38-27-33-32-26(18-5-8-20(28)9-6-18)35(27)22-13-10-21(29)11-14-22/h5-16,36H,3-4,17H2,1-2H3,(H,31,37)/b30-16-. The number of hydrazone groups is 1. The van der Waals surface area contributed by atoms with Crippen molar-refractivity contribution in [2.24, 2.45) is 5.10 Å². The summed E-state index contributed by atoms with van der Waals surface area (Å²) in [4.78, 5) is 14.6. The number of phenolic OH excluding ortho intramolecular Hbond substituents is 1. The molecule has 0 saturated carbocycles. The summed E-state index contributed by atoms with van der Waals surface area (Å²) in [6, 6.07) is 19.9. The lowest BCUT2D eigenvalue weighted by atomic mass is 10.2. The average Bonchev–Trinajstić information content (AvgIpc) is 3.34. The molecule has 0 saturated heterocycles. The fourth-order valence-electron chi connectivity index (χ4n) is 3.74. The van der Waals surface area contributed by atoms with E-state index in [1.165, 1.54) is 18.0 Å². The van der Waals surface area contributed by atoms with E-state index >= 15 is 0 Å². The lowest BCUT2D eigenvalue weighted by Gasteiger charge is -2.21. The Morgan fingerprint density at radius 1 is 1.03 bits per heavy atom. The number of aromatic nitrogens is 3. The van der Waals surface area contributed by atoms with Gasteiger partial charge in [0.2, 0.25) is 0 Å². The highest BCUT2D eigenvalue weighted by molar-refractivity contribution is 7.99. The minimum Gasteiger partial charge on any atom is -0.507 e. The molecule has 3 aromatic carbocycles. The van der Waals surface area contributed by atoms with Gasteiger partial charge in [-0.3, -0.25) is 9.36 Å². The molecule has 1 heterocycles. The highest BCUT2D eigenvalue weighted by Gasteiger charge is 2.17. The number of phenols is 1. The third-order valence-corrected chi connectivity index (χ3v) is 7.12. The van der Waals surface area contributed by atoms with Gasteiger partial charge in [-0.15, -0.1) is 10.2 Å². The number of aromatic hydroxyl groups is 1. The lowest BCUT2D eigenvalue weighted by molar-refractivity contribution is -0.118. The fraction of sp³-hybridized carbons (Fsp3) is 0.185. The van der Waals surface area contributed by atoms with Crippen LogP contribution >= 0.6 is 35.0 Å². The maximum absolute atomic E-state index is 12.5. The summed E-state index contributed by atoms with van der Waals surface area (Å²) in [6.45, 7) is 5.79. The van der Waals surface area contributed by atoms with Gasteiger partial charge in [-0.05, 0) is 74.5 Å². The third-order valence-electron chi connectivity index (χ3n) is 5.69.